The van der Waals surface area contributed by atoms with E-state index >= 15 is 0 Å². The van der Waals surface area contributed by atoms with Crippen LogP contribution in [0.1, 0.15) is 30.7 Å². The van der Waals surface area contributed by atoms with Crippen molar-refractivity contribution in [3.05, 3.63) is 85.9 Å². The molecule has 5 nitrogen and oxygen atoms in total. The molecule has 2 heterocycles. The minimum atomic E-state index is -1.04. The Hall–Kier alpha value is -2.58. The molecule has 0 saturated carbocycles. The Balaban J connectivity index is 1.91. The van der Waals surface area contributed by atoms with Crippen LogP contribution in [0, 0.1) is 18.6 Å². The molecule has 0 aliphatic rings. The summed E-state index contributed by atoms with van der Waals surface area (Å²) in [4.78, 5) is 17.1. The summed E-state index contributed by atoms with van der Waals surface area (Å²) in [6.45, 7) is 4.85. The first kappa shape index (κ1) is 21.1. The number of hydrogen-bond donors (Lipinski definition) is 1. The second-order valence-electron chi connectivity index (χ2n) is 7.09. The van der Waals surface area contributed by atoms with E-state index in [1.165, 1.54) is 16.8 Å². The number of pyridine rings is 2. The van der Waals surface area contributed by atoms with E-state index in [0.29, 0.717) is 17.1 Å². The lowest BCUT2D eigenvalue weighted by Crippen LogP contribution is -2.23. The Labute approximate surface area is 174 Å². The van der Waals surface area contributed by atoms with Crippen molar-refractivity contribution in [3.8, 4) is 11.6 Å². The Kier molecular flexibility index (Phi) is 5.86. The highest BCUT2D eigenvalue weighted by Gasteiger charge is 2.18. The number of nitrogens with zero attached hydrogens (tertiary/aromatic N) is 2. The Morgan fingerprint density at radius 1 is 1.21 bits per heavy atom. The molecule has 0 amide bonds. The molecule has 0 spiro atoms. The average Bonchev–Trinajstić information content (AvgIpc) is 2.64. The van der Waals surface area contributed by atoms with Crippen LogP contribution in [0.15, 0.2) is 51.9 Å². The lowest BCUT2D eigenvalue weighted by atomic mass is 10.0. The minimum absolute atomic E-state index is 0.152. The lowest BCUT2D eigenvalue weighted by molar-refractivity contribution is 0.0782. The summed E-state index contributed by atoms with van der Waals surface area (Å²) < 4.78 is 33.9. The number of aryl methyl sites for hydroxylation is 1. The molecule has 0 bridgehead atoms. The summed E-state index contributed by atoms with van der Waals surface area (Å²) in [5, 5.41) is 10.0. The molecule has 0 radical (unpaired) electrons. The predicted molar refractivity (Wildman–Crippen MR) is 108 cm³/mol. The quantitative estimate of drug-likeness (QED) is 0.608. The van der Waals surface area contributed by atoms with Crippen LogP contribution in [-0.4, -0.2) is 14.7 Å². The van der Waals surface area contributed by atoms with Gasteiger partial charge in [-0.1, -0.05) is 6.07 Å². The zero-order valence-electron chi connectivity index (χ0n) is 16.0. The zero-order chi connectivity index (χ0) is 21.3. The van der Waals surface area contributed by atoms with Gasteiger partial charge in [0.1, 0.15) is 34.3 Å². The van der Waals surface area contributed by atoms with Crippen LogP contribution in [0.25, 0.3) is 5.82 Å². The largest absolute Gasteiger partial charge is 0.487 e. The molecule has 2 aromatic heterocycles. The van der Waals surface area contributed by atoms with E-state index < -0.39 is 22.8 Å². The fourth-order valence-electron chi connectivity index (χ4n) is 2.75. The summed E-state index contributed by atoms with van der Waals surface area (Å²) in [7, 11) is 0. The van der Waals surface area contributed by atoms with Gasteiger partial charge < -0.3 is 9.84 Å². The molecule has 29 heavy (non-hydrogen) atoms. The number of halogens is 3. The molecule has 0 aliphatic heterocycles. The van der Waals surface area contributed by atoms with Crippen LogP contribution in [0.2, 0.25) is 0 Å². The molecule has 1 N–H and O–H groups in total. The number of benzene rings is 1. The van der Waals surface area contributed by atoms with E-state index in [-0.39, 0.29) is 22.4 Å². The van der Waals surface area contributed by atoms with Gasteiger partial charge in [0.2, 0.25) is 0 Å². The summed E-state index contributed by atoms with van der Waals surface area (Å²) in [6, 6.07) is 8.18. The van der Waals surface area contributed by atoms with Gasteiger partial charge in [0.25, 0.3) is 5.56 Å². The fraction of sp³-hybridized carbons (Fsp3) is 0.238. The molecule has 3 aromatic rings. The van der Waals surface area contributed by atoms with E-state index in [1.54, 1.807) is 39.0 Å². The second kappa shape index (κ2) is 8.04. The summed E-state index contributed by atoms with van der Waals surface area (Å²) >= 11 is 3.23. The van der Waals surface area contributed by atoms with E-state index in [1.807, 2.05) is 0 Å². The molecule has 3 rings (SSSR count). The molecule has 0 unspecified atom stereocenters. The van der Waals surface area contributed by atoms with Crippen molar-refractivity contribution in [2.24, 2.45) is 0 Å². The summed E-state index contributed by atoms with van der Waals surface area (Å²) in [5.74, 6) is -0.769. The first-order chi connectivity index (χ1) is 13.6. The van der Waals surface area contributed by atoms with Crippen molar-refractivity contribution < 1.29 is 18.6 Å². The monoisotopic (exact) mass is 464 g/mol. The van der Waals surface area contributed by atoms with Crippen LogP contribution < -0.4 is 10.3 Å². The third-order valence-corrected chi connectivity index (χ3v) is 5.11. The third kappa shape index (κ3) is 4.54. The molecule has 0 fully saturated rings. The van der Waals surface area contributed by atoms with E-state index in [9.17, 15) is 18.7 Å². The summed E-state index contributed by atoms with van der Waals surface area (Å²) in [5.41, 5.74) is -0.102. The van der Waals surface area contributed by atoms with Crippen LogP contribution >= 0.6 is 15.9 Å². The zero-order valence-corrected chi connectivity index (χ0v) is 17.6. The highest BCUT2D eigenvalue weighted by molar-refractivity contribution is 9.10. The van der Waals surface area contributed by atoms with Gasteiger partial charge in [0.15, 0.2) is 0 Å². The van der Waals surface area contributed by atoms with Crippen molar-refractivity contribution in [3.63, 3.8) is 0 Å². The maximum atomic E-state index is 13.8. The Morgan fingerprint density at radius 2 is 1.93 bits per heavy atom. The van der Waals surface area contributed by atoms with E-state index in [2.05, 4.69) is 20.9 Å². The highest BCUT2D eigenvalue weighted by Crippen LogP contribution is 2.26. The smallest absolute Gasteiger partial charge is 0.274 e. The Bertz CT molecular complexity index is 1110. The SMILES string of the molecule is Cc1cc(OCc2ccc(F)cc2F)c(Br)c(=O)n1-c1ccc(C(C)(C)O)cn1. The number of aromatic nitrogens is 2. The highest BCUT2D eigenvalue weighted by atomic mass is 79.9. The standard InChI is InChI=1S/C21H19BrF2N2O3/c1-12-8-17(29-11-13-4-6-15(23)9-16(13)24)19(22)20(27)26(12)18-7-5-14(10-25-18)21(2,3)28/h4-10,28H,11H2,1-3H3. The normalized spacial score (nSPS) is 11.6. The Morgan fingerprint density at radius 3 is 2.52 bits per heavy atom. The van der Waals surface area contributed by atoms with Crippen molar-refractivity contribution in [1.82, 2.24) is 9.55 Å². The van der Waals surface area contributed by atoms with Gasteiger partial charge in [0, 0.05) is 35.2 Å². The molecule has 0 atom stereocenters. The number of rotatable bonds is 5. The van der Waals surface area contributed by atoms with Crippen LogP contribution in [0.4, 0.5) is 8.78 Å². The number of hydrogen-bond acceptors (Lipinski definition) is 4. The minimum Gasteiger partial charge on any atom is -0.487 e. The number of ether oxygens (including phenoxy) is 1. The van der Waals surface area contributed by atoms with Gasteiger partial charge >= 0.3 is 0 Å². The van der Waals surface area contributed by atoms with Gasteiger partial charge in [0.05, 0.1) is 5.60 Å². The van der Waals surface area contributed by atoms with Crippen molar-refractivity contribution >= 4 is 15.9 Å². The molecule has 0 saturated heterocycles. The first-order valence-electron chi connectivity index (χ1n) is 8.76. The number of aliphatic hydroxyl groups is 1. The van der Waals surface area contributed by atoms with Crippen LogP contribution in [-0.2, 0) is 12.2 Å². The molecule has 0 aliphatic carbocycles. The van der Waals surface area contributed by atoms with Crippen LogP contribution in [0.3, 0.4) is 0 Å². The molecule has 8 heteroatoms. The average molecular weight is 465 g/mol. The van der Waals surface area contributed by atoms with E-state index in [0.717, 1.165) is 12.1 Å². The maximum absolute atomic E-state index is 13.8. The fourth-order valence-corrected chi connectivity index (χ4v) is 3.15. The molecular weight excluding hydrogens is 446 g/mol. The van der Waals surface area contributed by atoms with Gasteiger partial charge in [-0.15, -0.1) is 0 Å². The summed E-state index contributed by atoms with van der Waals surface area (Å²) in [6.07, 6.45) is 1.51. The van der Waals surface area contributed by atoms with Crippen molar-refractivity contribution in [2.45, 2.75) is 33.0 Å². The maximum Gasteiger partial charge on any atom is 0.274 e. The predicted octanol–water partition coefficient (Wildman–Crippen LogP) is 4.39. The second-order valence-corrected chi connectivity index (χ2v) is 7.89. The first-order valence-corrected chi connectivity index (χ1v) is 9.55. The van der Waals surface area contributed by atoms with Crippen molar-refractivity contribution in [2.75, 3.05) is 0 Å². The molecular formula is C21H19BrF2N2O3. The third-order valence-electron chi connectivity index (χ3n) is 4.38. The van der Waals surface area contributed by atoms with Gasteiger partial charge in [-0.25, -0.2) is 13.8 Å². The molecule has 152 valence electrons. The lowest BCUT2D eigenvalue weighted by Gasteiger charge is -2.18. The van der Waals surface area contributed by atoms with Crippen LogP contribution in [0.5, 0.6) is 5.75 Å². The van der Waals surface area contributed by atoms with Gasteiger partial charge in [-0.3, -0.25) is 9.36 Å². The topological polar surface area (TPSA) is 64.3 Å². The van der Waals surface area contributed by atoms with Crippen molar-refractivity contribution in [1.29, 1.82) is 0 Å². The van der Waals surface area contributed by atoms with Gasteiger partial charge in [-0.05, 0) is 54.9 Å². The van der Waals surface area contributed by atoms with E-state index in [4.69, 9.17) is 4.74 Å². The van der Waals surface area contributed by atoms with Gasteiger partial charge in [-0.2, -0.15) is 0 Å². The molecule has 1 aromatic carbocycles.